The smallest absolute Gasteiger partial charge is 0.106 e. The maximum absolute atomic E-state index is 10.1. The van der Waals surface area contributed by atoms with Gasteiger partial charge in [0, 0.05) is 31.6 Å². The molecule has 0 radical (unpaired) electrons. The van der Waals surface area contributed by atoms with Crippen LogP contribution in [0.4, 0.5) is 0 Å². The van der Waals surface area contributed by atoms with Gasteiger partial charge in [-0.25, -0.2) is 0 Å². The summed E-state index contributed by atoms with van der Waals surface area (Å²) in [7, 11) is 2.46. The Kier molecular flexibility index (Phi) is 7.27. The summed E-state index contributed by atoms with van der Waals surface area (Å²) in [5.41, 5.74) is 0. The fourth-order valence-corrected chi connectivity index (χ4v) is 5.00. The molecule has 5 nitrogen and oxygen atoms in total. The van der Waals surface area contributed by atoms with Crippen molar-refractivity contribution >= 4 is 0 Å². The van der Waals surface area contributed by atoms with Gasteiger partial charge in [-0.1, -0.05) is 0 Å². The molecule has 0 aromatic rings. The molecule has 4 rings (SSSR count). The van der Waals surface area contributed by atoms with Crippen LogP contribution in [-0.4, -0.2) is 84.0 Å². The molecule has 4 saturated heterocycles. The second kappa shape index (κ2) is 8.06. The van der Waals surface area contributed by atoms with E-state index in [9.17, 15) is 5.11 Å². The summed E-state index contributed by atoms with van der Waals surface area (Å²) >= 11 is 0. The van der Waals surface area contributed by atoms with Crippen LogP contribution in [0.3, 0.4) is 0 Å². The van der Waals surface area contributed by atoms with Crippen LogP contribution in [0.25, 0.3) is 0 Å². The first-order chi connectivity index (χ1) is 9.61. The minimum atomic E-state index is 0. The first-order valence-electron chi connectivity index (χ1n) is 8.98. The van der Waals surface area contributed by atoms with Crippen molar-refractivity contribution in [3.8, 4) is 0 Å². The molecule has 0 saturated carbocycles. The van der Waals surface area contributed by atoms with Gasteiger partial charge in [-0.3, -0.25) is 0 Å². The van der Waals surface area contributed by atoms with E-state index in [1.54, 1.807) is 0 Å². The Bertz CT molecular complexity index is 324. The number of nitrogens with zero attached hydrogens (tertiary/aromatic N) is 2. The van der Waals surface area contributed by atoms with Gasteiger partial charge in [-0.05, 0) is 19.3 Å². The van der Waals surface area contributed by atoms with Crippen LogP contribution in [0.5, 0.6) is 0 Å². The molecule has 5 heteroatoms. The largest absolute Gasteiger partial charge is 0.870 e. The molecule has 22 heavy (non-hydrogen) atoms. The number of quaternary nitrogens is 2. The number of hydrogen-bond donors (Lipinski definition) is 1. The number of rotatable bonds is 5. The molecule has 0 spiro atoms. The van der Waals surface area contributed by atoms with Gasteiger partial charge < -0.3 is 25.0 Å². The first-order valence-corrected chi connectivity index (χ1v) is 8.98. The van der Waals surface area contributed by atoms with E-state index < -0.39 is 0 Å². The zero-order valence-corrected chi connectivity index (χ0v) is 14.3. The van der Waals surface area contributed by atoms with Crippen molar-refractivity contribution in [1.82, 2.24) is 0 Å². The number of piperidine rings is 4. The normalized spacial score (nSPS) is 36.3. The van der Waals surface area contributed by atoms with E-state index in [-0.39, 0.29) is 17.1 Å². The topological polar surface area (TPSA) is 80.2 Å². The van der Waals surface area contributed by atoms with Gasteiger partial charge in [0.05, 0.1) is 46.3 Å². The third-order valence-corrected chi connectivity index (χ3v) is 6.54. The fourth-order valence-electron chi connectivity index (χ4n) is 5.00. The molecule has 132 valence electrons. The van der Waals surface area contributed by atoms with E-state index in [1.165, 1.54) is 93.2 Å². The highest BCUT2D eigenvalue weighted by Crippen LogP contribution is 2.34. The van der Waals surface area contributed by atoms with Crippen LogP contribution in [0.15, 0.2) is 0 Å². The summed E-state index contributed by atoms with van der Waals surface area (Å²) in [5, 5.41) is 10.1. The number of aliphatic hydroxyl groups excluding tert-OH is 1. The molecule has 4 heterocycles. The van der Waals surface area contributed by atoms with Gasteiger partial charge in [0.2, 0.25) is 0 Å². The summed E-state index contributed by atoms with van der Waals surface area (Å²) in [6.07, 6.45) is 9.62. The van der Waals surface area contributed by atoms with E-state index in [0.717, 1.165) is 6.54 Å². The van der Waals surface area contributed by atoms with Crippen molar-refractivity contribution in [3.05, 3.63) is 0 Å². The highest BCUT2D eigenvalue weighted by molar-refractivity contribution is 4.79. The lowest BCUT2D eigenvalue weighted by Crippen LogP contribution is -2.63. The maximum Gasteiger partial charge on any atom is 0.106 e. The third kappa shape index (κ3) is 4.42. The average molecular weight is 316 g/mol. The van der Waals surface area contributed by atoms with Crippen molar-refractivity contribution in [2.45, 2.75) is 51.0 Å². The van der Waals surface area contributed by atoms with Gasteiger partial charge >= 0.3 is 0 Å². The molecular weight excluding hydrogens is 280 g/mol. The van der Waals surface area contributed by atoms with Crippen molar-refractivity contribution in [2.75, 3.05) is 52.9 Å². The maximum atomic E-state index is 10.1. The Morgan fingerprint density at radius 1 is 0.864 bits per heavy atom. The zero-order chi connectivity index (χ0) is 14.1. The van der Waals surface area contributed by atoms with Crippen molar-refractivity contribution in [3.63, 3.8) is 0 Å². The van der Waals surface area contributed by atoms with Gasteiger partial charge in [-0.15, -0.1) is 0 Å². The number of aliphatic hydroxyl groups is 1. The Labute approximate surface area is 135 Å². The molecule has 0 aromatic carbocycles. The summed E-state index contributed by atoms with van der Waals surface area (Å²) < 4.78 is 2.56. The van der Waals surface area contributed by atoms with E-state index in [4.69, 9.17) is 0 Å². The Morgan fingerprint density at radius 3 is 2.05 bits per heavy atom. The molecule has 0 amide bonds. The highest BCUT2D eigenvalue weighted by atomic mass is 16.3. The quantitative estimate of drug-likeness (QED) is 0.618. The van der Waals surface area contributed by atoms with Gasteiger partial charge in [-0.2, -0.15) is 0 Å². The Balaban J connectivity index is 0.00000121. The van der Waals surface area contributed by atoms with E-state index in [2.05, 4.69) is 7.05 Å². The average Bonchev–Trinajstić information content (AvgIpc) is 2.46. The highest BCUT2D eigenvalue weighted by Gasteiger charge is 2.44. The molecule has 4 aliphatic rings. The number of hydrogen-bond acceptors (Lipinski definition) is 3. The minimum absolute atomic E-state index is 0. The lowest BCUT2D eigenvalue weighted by molar-refractivity contribution is -0.947. The SMILES string of the molecule is C[N+]1(CCCC[N+]23CCC(CC2)C(O)C3)CCCCC1.[OH-].[OH-]. The van der Waals surface area contributed by atoms with Crippen LogP contribution in [0, 0.1) is 5.92 Å². The second-order valence-corrected chi connectivity index (χ2v) is 8.16. The lowest BCUT2D eigenvalue weighted by atomic mass is 9.83. The molecule has 3 N–H and O–H groups in total. The van der Waals surface area contributed by atoms with Crippen LogP contribution < -0.4 is 0 Å². The number of unbranched alkanes of at least 4 members (excludes halogenated alkanes) is 1. The van der Waals surface area contributed by atoms with Crippen molar-refractivity contribution in [2.24, 2.45) is 5.92 Å². The van der Waals surface area contributed by atoms with Crippen molar-refractivity contribution in [1.29, 1.82) is 0 Å². The van der Waals surface area contributed by atoms with Crippen LogP contribution >= 0.6 is 0 Å². The molecule has 4 fully saturated rings. The van der Waals surface area contributed by atoms with Gasteiger partial charge in [0.1, 0.15) is 12.6 Å². The molecular formula is C17H36N2O3. The number of likely N-dealkylation sites (tertiary alicyclic amines) is 1. The minimum Gasteiger partial charge on any atom is -0.870 e. The fraction of sp³-hybridized carbons (Fsp3) is 1.00. The van der Waals surface area contributed by atoms with Crippen LogP contribution in [-0.2, 0) is 0 Å². The standard InChI is InChI=1S/C17H34N2O.2H2O/c1-18(9-3-2-4-10-18)11-5-6-12-19-13-7-16(8-14-19)17(20)15-19;;/h16-17,20H,2-15H2,1H3;2*1H2/q+2;;/p-2. The van der Waals surface area contributed by atoms with Crippen LogP contribution in [0.2, 0.25) is 0 Å². The van der Waals surface area contributed by atoms with E-state index in [1.807, 2.05) is 0 Å². The zero-order valence-electron chi connectivity index (χ0n) is 14.3. The first kappa shape index (κ1) is 19.8. The summed E-state index contributed by atoms with van der Waals surface area (Å²) in [6.45, 7) is 9.24. The molecule has 1 atom stereocenters. The summed E-state index contributed by atoms with van der Waals surface area (Å²) in [5.74, 6) is 0.632. The predicted molar refractivity (Wildman–Crippen MR) is 86.2 cm³/mol. The molecule has 4 aliphatic heterocycles. The van der Waals surface area contributed by atoms with E-state index >= 15 is 0 Å². The van der Waals surface area contributed by atoms with Crippen LogP contribution in [0.1, 0.15) is 44.9 Å². The second-order valence-electron chi connectivity index (χ2n) is 8.16. The predicted octanol–water partition coefficient (Wildman–Crippen LogP) is 1.64. The van der Waals surface area contributed by atoms with Gasteiger partial charge in [0.15, 0.2) is 0 Å². The monoisotopic (exact) mass is 316 g/mol. The molecule has 2 bridgehead atoms. The third-order valence-electron chi connectivity index (χ3n) is 6.54. The Hall–Kier alpha value is -0.200. The molecule has 1 unspecified atom stereocenters. The lowest BCUT2D eigenvalue weighted by Gasteiger charge is -2.51. The summed E-state index contributed by atoms with van der Waals surface area (Å²) in [4.78, 5) is 0. The summed E-state index contributed by atoms with van der Waals surface area (Å²) in [6, 6.07) is 0. The van der Waals surface area contributed by atoms with Crippen molar-refractivity contribution < 1.29 is 25.0 Å². The van der Waals surface area contributed by atoms with E-state index in [0.29, 0.717) is 5.92 Å². The molecule has 0 aliphatic carbocycles. The number of fused-ring (bicyclic) bond motifs is 3. The van der Waals surface area contributed by atoms with Gasteiger partial charge in [0.25, 0.3) is 0 Å². The molecule has 0 aromatic heterocycles. The Morgan fingerprint density at radius 2 is 1.45 bits per heavy atom.